The highest BCUT2D eigenvalue weighted by Crippen LogP contribution is 2.31. The van der Waals surface area contributed by atoms with Crippen LogP contribution in [0.3, 0.4) is 0 Å². The summed E-state index contributed by atoms with van der Waals surface area (Å²) in [7, 11) is 0. The first kappa shape index (κ1) is 15.8. The second kappa shape index (κ2) is 6.94. The maximum absolute atomic E-state index is 11.8. The number of hydrogen-bond donors (Lipinski definition) is 2. The van der Waals surface area contributed by atoms with Gasteiger partial charge in [-0.15, -0.1) is 0 Å². The largest absolute Gasteiger partial charge is 0.493 e. The Hall–Kier alpha value is -1.55. The molecule has 0 heterocycles. The molecule has 0 saturated heterocycles. The maximum Gasteiger partial charge on any atom is 0.223 e. The molecule has 116 valence electrons. The van der Waals surface area contributed by atoms with Gasteiger partial charge in [-0.2, -0.15) is 0 Å². The predicted molar refractivity (Wildman–Crippen MR) is 84.5 cm³/mol. The topological polar surface area (TPSA) is 64.3 Å². The first-order valence-corrected chi connectivity index (χ1v) is 7.70. The van der Waals surface area contributed by atoms with Crippen molar-refractivity contribution in [1.29, 1.82) is 0 Å². The standard InChI is InChI=1S/C17H26N2O2/c1-11-8-12(2)13(3)16(9-11)21-7-6-17(20)19-10-15(18)14-4-5-14/h8-9,14-15H,4-7,10,18H2,1-3H3,(H,19,20). The molecule has 1 amide bonds. The fourth-order valence-corrected chi connectivity index (χ4v) is 2.42. The average molecular weight is 290 g/mol. The SMILES string of the molecule is Cc1cc(C)c(C)c(OCCC(=O)NCC(N)C2CC2)c1. The Morgan fingerprint density at radius 2 is 2.10 bits per heavy atom. The minimum absolute atomic E-state index is 0.00753. The Morgan fingerprint density at radius 3 is 2.76 bits per heavy atom. The van der Waals surface area contributed by atoms with Crippen LogP contribution in [-0.4, -0.2) is 25.1 Å². The lowest BCUT2D eigenvalue weighted by molar-refractivity contribution is -0.121. The van der Waals surface area contributed by atoms with Gasteiger partial charge in [0.2, 0.25) is 5.91 Å². The number of nitrogens with one attached hydrogen (secondary N) is 1. The predicted octanol–water partition coefficient (Wildman–Crippen LogP) is 2.23. The summed E-state index contributed by atoms with van der Waals surface area (Å²) in [6.07, 6.45) is 2.77. The van der Waals surface area contributed by atoms with Gasteiger partial charge in [0.1, 0.15) is 5.75 Å². The van der Waals surface area contributed by atoms with Crippen molar-refractivity contribution in [1.82, 2.24) is 5.32 Å². The third kappa shape index (κ3) is 4.74. The van der Waals surface area contributed by atoms with E-state index in [1.165, 1.54) is 24.0 Å². The molecule has 0 radical (unpaired) electrons. The van der Waals surface area contributed by atoms with Crippen LogP contribution in [0, 0.1) is 26.7 Å². The van der Waals surface area contributed by atoms with E-state index in [4.69, 9.17) is 10.5 Å². The number of benzene rings is 1. The van der Waals surface area contributed by atoms with E-state index < -0.39 is 0 Å². The maximum atomic E-state index is 11.8. The highest BCUT2D eigenvalue weighted by Gasteiger charge is 2.28. The van der Waals surface area contributed by atoms with Crippen molar-refractivity contribution >= 4 is 5.91 Å². The van der Waals surface area contributed by atoms with Crippen LogP contribution in [0.5, 0.6) is 5.75 Å². The summed E-state index contributed by atoms with van der Waals surface area (Å²) >= 11 is 0. The quantitative estimate of drug-likeness (QED) is 0.809. The number of aryl methyl sites for hydroxylation is 2. The molecule has 1 aromatic carbocycles. The summed E-state index contributed by atoms with van der Waals surface area (Å²) < 4.78 is 5.74. The average Bonchev–Trinajstić information content (AvgIpc) is 3.26. The van der Waals surface area contributed by atoms with Gasteiger partial charge in [-0.1, -0.05) is 6.07 Å². The summed E-state index contributed by atoms with van der Waals surface area (Å²) in [6.45, 7) is 7.13. The Bertz CT molecular complexity index is 510. The smallest absolute Gasteiger partial charge is 0.223 e. The molecule has 1 aliphatic rings. The van der Waals surface area contributed by atoms with Crippen molar-refractivity contribution in [2.45, 2.75) is 46.1 Å². The van der Waals surface area contributed by atoms with Crippen LogP contribution in [0.25, 0.3) is 0 Å². The van der Waals surface area contributed by atoms with E-state index >= 15 is 0 Å². The molecule has 4 nitrogen and oxygen atoms in total. The van der Waals surface area contributed by atoms with E-state index in [1.807, 2.05) is 19.9 Å². The summed E-state index contributed by atoms with van der Waals surface area (Å²) in [6, 6.07) is 4.26. The van der Waals surface area contributed by atoms with Crippen molar-refractivity contribution in [2.75, 3.05) is 13.2 Å². The van der Waals surface area contributed by atoms with Crippen LogP contribution >= 0.6 is 0 Å². The molecular formula is C17H26N2O2. The molecule has 1 aliphatic carbocycles. The van der Waals surface area contributed by atoms with Gasteiger partial charge in [0.05, 0.1) is 13.0 Å². The molecule has 1 atom stereocenters. The number of amides is 1. The monoisotopic (exact) mass is 290 g/mol. The Labute approximate surface area is 127 Å². The summed E-state index contributed by atoms with van der Waals surface area (Å²) in [5.74, 6) is 1.49. The van der Waals surface area contributed by atoms with Gasteiger partial charge in [0, 0.05) is 12.6 Å². The Morgan fingerprint density at radius 1 is 1.38 bits per heavy atom. The molecule has 0 bridgehead atoms. The molecule has 4 heteroatoms. The number of carbonyl (C=O) groups is 1. The lowest BCUT2D eigenvalue weighted by Crippen LogP contribution is -2.38. The van der Waals surface area contributed by atoms with Gasteiger partial charge in [0.15, 0.2) is 0 Å². The molecule has 2 rings (SSSR count). The van der Waals surface area contributed by atoms with E-state index in [2.05, 4.69) is 18.3 Å². The van der Waals surface area contributed by atoms with Crippen molar-refractivity contribution < 1.29 is 9.53 Å². The first-order chi connectivity index (χ1) is 9.97. The van der Waals surface area contributed by atoms with Gasteiger partial charge in [0.25, 0.3) is 0 Å². The van der Waals surface area contributed by atoms with Crippen LogP contribution in [0.15, 0.2) is 12.1 Å². The number of hydrogen-bond acceptors (Lipinski definition) is 3. The zero-order valence-corrected chi connectivity index (χ0v) is 13.2. The number of carbonyl (C=O) groups excluding carboxylic acids is 1. The minimum atomic E-state index is 0.00753. The zero-order chi connectivity index (χ0) is 15.4. The van der Waals surface area contributed by atoms with Crippen molar-refractivity contribution in [2.24, 2.45) is 11.7 Å². The Kier molecular flexibility index (Phi) is 5.23. The molecule has 0 aliphatic heterocycles. The normalized spacial score (nSPS) is 15.6. The minimum Gasteiger partial charge on any atom is -0.493 e. The van der Waals surface area contributed by atoms with Crippen LogP contribution in [0.2, 0.25) is 0 Å². The molecular weight excluding hydrogens is 264 g/mol. The summed E-state index contributed by atoms with van der Waals surface area (Å²) in [5.41, 5.74) is 9.48. The molecule has 1 fully saturated rings. The zero-order valence-electron chi connectivity index (χ0n) is 13.2. The van der Waals surface area contributed by atoms with Gasteiger partial charge in [-0.05, 0) is 62.3 Å². The summed E-state index contributed by atoms with van der Waals surface area (Å²) in [5, 5.41) is 2.88. The van der Waals surface area contributed by atoms with Crippen molar-refractivity contribution in [3.63, 3.8) is 0 Å². The van der Waals surface area contributed by atoms with E-state index in [0.717, 1.165) is 11.3 Å². The number of ether oxygens (including phenoxy) is 1. The van der Waals surface area contributed by atoms with Crippen LogP contribution < -0.4 is 15.8 Å². The van der Waals surface area contributed by atoms with Gasteiger partial charge < -0.3 is 15.8 Å². The molecule has 21 heavy (non-hydrogen) atoms. The highest BCUT2D eigenvalue weighted by atomic mass is 16.5. The first-order valence-electron chi connectivity index (χ1n) is 7.70. The molecule has 1 saturated carbocycles. The molecule has 0 aromatic heterocycles. The van der Waals surface area contributed by atoms with Gasteiger partial charge in [-0.3, -0.25) is 4.79 Å². The van der Waals surface area contributed by atoms with Gasteiger partial charge in [-0.25, -0.2) is 0 Å². The fourth-order valence-electron chi connectivity index (χ4n) is 2.42. The number of rotatable bonds is 7. The summed E-state index contributed by atoms with van der Waals surface area (Å²) in [4.78, 5) is 11.8. The van der Waals surface area contributed by atoms with E-state index in [9.17, 15) is 4.79 Å². The second-order valence-electron chi connectivity index (χ2n) is 6.11. The molecule has 1 unspecified atom stereocenters. The third-order valence-corrected chi connectivity index (χ3v) is 4.11. The van der Waals surface area contributed by atoms with Gasteiger partial charge >= 0.3 is 0 Å². The van der Waals surface area contributed by atoms with E-state index in [0.29, 0.717) is 25.5 Å². The highest BCUT2D eigenvalue weighted by molar-refractivity contribution is 5.76. The molecule has 1 aromatic rings. The molecule has 3 N–H and O–H groups in total. The van der Waals surface area contributed by atoms with Crippen LogP contribution in [0.1, 0.15) is 36.0 Å². The fraction of sp³-hybridized carbons (Fsp3) is 0.588. The van der Waals surface area contributed by atoms with Crippen molar-refractivity contribution in [3.8, 4) is 5.75 Å². The lowest BCUT2D eigenvalue weighted by atomic mass is 10.1. The van der Waals surface area contributed by atoms with Crippen molar-refractivity contribution in [3.05, 3.63) is 28.8 Å². The van der Waals surface area contributed by atoms with Crippen LogP contribution in [0.4, 0.5) is 0 Å². The second-order valence-corrected chi connectivity index (χ2v) is 6.11. The van der Waals surface area contributed by atoms with E-state index in [-0.39, 0.29) is 11.9 Å². The van der Waals surface area contributed by atoms with E-state index in [1.54, 1.807) is 0 Å². The third-order valence-electron chi connectivity index (χ3n) is 4.11. The molecule has 0 spiro atoms. The van der Waals surface area contributed by atoms with Crippen LogP contribution in [-0.2, 0) is 4.79 Å². The lowest BCUT2D eigenvalue weighted by Gasteiger charge is -2.13. The number of nitrogens with two attached hydrogens (primary N) is 1. The Balaban J connectivity index is 1.72.